The first-order valence-corrected chi connectivity index (χ1v) is 8.72. The molecule has 25 heavy (non-hydrogen) atoms. The molecule has 0 aromatic heterocycles. The number of esters is 1. The Hall–Kier alpha value is -2.62. The fraction of sp³-hybridized carbons (Fsp3) is 0.333. The average molecular weight is 337 g/mol. The predicted molar refractivity (Wildman–Crippen MR) is 95.8 cm³/mol. The number of hydrogen-bond donors (Lipinski definition) is 0. The van der Waals surface area contributed by atoms with Crippen LogP contribution in [0.25, 0.3) is 0 Å². The molecule has 0 spiro atoms. The highest BCUT2D eigenvalue weighted by molar-refractivity contribution is 5.99. The summed E-state index contributed by atoms with van der Waals surface area (Å²) in [6.45, 7) is 3.89. The lowest BCUT2D eigenvalue weighted by atomic mass is 9.92. The molecule has 2 aromatic carbocycles. The molecule has 4 nitrogen and oxygen atoms in total. The van der Waals surface area contributed by atoms with E-state index in [9.17, 15) is 9.59 Å². The van der Waals surface area contributed by atoms with Gasteiger partial charge in [0.1, 0.15) is 5.54 Å². The number of benzene rings is 2. The number of amides is 1. The van der Waals surface area contributed by atoms with Crippen molar-refractivity contribution in [2.24, 2.45) is 0 Å². The molecule has 1 amide bonds. The first kappa shape index (κ1) is 17.2. The van der Waals surface area contributed by atoms with Crippen molar-refractivity contribution in [2.75, 3.05) is 0 Å². The fourth-order valence-electron chi connectivity index (χ4n) is 3.27. The molecule has 130 valence electrons. The number of unbranched alkanes of at least 4 members (excludes halogenated alkanes) is 1. The Morgan fingerprint density at radius 1 is 1.08 bits per heavy atom. The molecule has 1 aliphatic rings. The number of rotatable bonds is 5. The van der Waals surface area contributed by atoms with Crippen LogP contribution in [0.5, 0.6) is 0 Å². The van der Waals surface area contributed by atoms with E-state index in [0.717, 1.165) is 18.4 Å². The van der Waals surface area contributed by atoms with Crippen LogP contribution in [0.15, 0.2) is 60.7 Å². The standard InChI is InChI=1S/C21H23NO3/c1-3-4-15-21(2)20(24)25-19(17-13-9-6-10-14-17)22(21)18(23)16-11-7-5-8-12-16/h5-14,19H,3-4,15H2,1-2H3. The Kier molecular flexibility index (Phi) is 4.88. The van der Waals surface area contributed by atoms with Crippen LogP contribution in [0.4, 0.5) is 0 Å². The molecule has 1 fully saturated rings. The summed E-state index contributed by atoms with van der Waals surface area (Å²) in [5.41, 5.74) is 0.411. The summed E-state index contributed by atoms with van der Waals surface area (Å²) in [5, 5.41) is 0. The molecule has 2 unspecified atom stereocenters. The van der Waals surface area contributed by atoms with Crippen molar-refractivity contribution in [3.8, 4) is 0 Å². The third-order valence-electron chi connectivity index (χ3n) is 4.77. The maximum Gasteiger partial charge on any atom is 0.334 e. The van der Waals surface area contributed by atoms with Gasteiger partial charge in [-0.15, -0.1) is 0 Å². The Labute approximate surface area is 148 Å². The lowest BCUT2D eigenvalue weighted by Crippen LogP contribution is -2.49. The highest BCUT2D eigenvalue weighted by atomic mass is 16.6. The topological polar surface area (TPSA) is 46.6 Å². The van der Waals surface area contributed by atoms with Gasteiger partial charge in [-0.05, 0) is 25.5 Å². The number of carbonyl (C=O) groups excluding carboxylic acids is 2. The fourth-order valence-corrected chi connectivity index (χ4v) is 3.27. The zero-order valence-corrected chi connectivity index (χ0v) is 14.6. The van der Waals surface area contributed by atoms with E-state index in [4.69, 9.17) is 4.74 Å². The Balaban J connectivity index is 2.04. The second kappa shape index (κ2) is 7.09. The molecule has 1 aliphatic heterocycles. The number of ether oxygens (including phenoxy) is 1. The Morgan fingerprint density at radius 3 is 2.28 bits per heavy atom. The zero-order valence-electron chi connectivity index (χ0n) is 14.6. The van der Waals surface area contributed by atoms with Gasteiger partial charge < -0.3 is 4.74 Å². The number of carbonyl (C=O) groups is 2. The second-order valence-electron chi connectivity index (χ2n) is 6.59. The number of nitrogens with zero attached hydrogens (tertiary/aromatic N) is 1. The monoisotopic (exact) mass is 337 g/mol. The molecule has 4 heteroatoms. The van der Waals surface area contributed by atoms with E-state index in [1.165, 1.54) is 0 Å². The maximum atomic E-state index is 13.2. The Bertz CT molecular complexity index is 744. The van der Waals surface area contributed by atoms with Crippen LogP contribution in [-0.4, -0.2) is 22.3 Å². The first-order valence-electron chi connectivity index (χ1n) is 8.72. The highest BCUT2D eigenvalue weighted by Crippen LogP contribution is 2.41. The van der Waals surface area contributed by atoms with Gasteiger partial charge in [-0.2, -0.15) is 0 Å². The molecule has 2 aromatic rings. The molecule has 0 bridgehead atoms. The van der Waals surface area contributed by atoms with Gasteiger partial charge in [0.15, 0.2) is 0 Å². The van der Waals surface area contributed by atoms with Crippen molar-refractivity contribution in [1.29, 1.82) is 0 Å². The van der Waals surface area contributed by atoms with Gasteiger partial charge in [0, 0.05) is 11.1 Å². The van der Waals surface area contributed by atoms with Crippen molar-refractivity contribution in [3.05, 3.63) is 71.8 Å². The van der Waals surface area contributed by atoms with Crippen LogP contribution < -0.4 is 0 Å². The van der Waals surface area contributed by atoms with E-state index in [0.29, 0.717) is 12.0 Å². The van der Waals surface area contributed by atoms with Gasteiger partial charge >= 0.3 is 5.97 Å². The van der Waals surface area contributed by atoms with Gasteiger partial charge in [0.2, 0.25) is 6.23 Å². The smallest absolute Gasteiger partial charge is 0.334 e. The molecule has 0 saturated carbocycles. The summed E-state index contributed by atoms with van der Waals surface area (Å²) in [5.74, 6) is -0.516. The summed E-state index contributed by atoms with van der Waals surface area (Å²) < 4.78 is 5.68. The normalized spacial score (nSPS) is 22.7. The lowest BCUT2D eigenvalue weighted by molar-refractivity contribution is -0.145. The third-order valence-corrected chi connectivity index (χ3v) is 4.77. The molecule has 3 rings (SSSR count). The van der Waals surface area contributed by atoms with Gasteiger partial charge in [0.25, 0.3) is 5.91 Å². The molecule has 0 N–H and O–H groups in total. The van der Waals surface area contributed by atoms with Gasteiger partial charge in [-0.25, -0.2) is 4.79 Å². The van der Waals surface area contributed by atoms with Crippen LogP contribution in [0.3, 0.4) is 0 Å². The molecule has 0 radical (unpaired) electrons. The molecule has 1 heterocycles. The predicted octanol–water partition coefficient (Wildman–Crippen LogP) is 4.33. The van der Waals surface area contributed by atoms with Crippen molar-refractivity contribution < 1.29 is 14.3 Å². The minimum Gasteiger partial charge on any atom is -0.435 e. The van der Waals surface area contributed by atoms with E-state index in [1.807, 2.05) is 55.5 Å². The van der Waals surface area contributed by atoms with Crippen molar-refractivity contribution in [1.82, 2.24) is 4.90 Å². The largest absolute Gasteiger partial charge is 0.435 e. The van der Waals surface area contributed by atoms with E-state index in [2.05, 4.69) is 6.92 Å². The minimum absolute atomic E-state index is 0.182. The molecule has 1 saturated heterocycles. The van der Waals surface area contributed by atoms with Crippen LogP contribution in [0, 0.1) is 0 Å². The SMILES string of the molecule is CCCCC1(C)C(=O)OC(c2ccccc2)N1C(=O)c1ccccc1. The quantitative estimate of drug-likeness (QED) is 0.763. The summed E-state index contributed by atoms with van der Waals surface area (Å²) >= 11 is 0. The molecular weight excluding hydrogens is 314 g/mol. The summed E-state index contributed by atoms with van der Waals surface area (Å²) in [6, 6.07) is 18.5. The van der Waals surface area contributed by atoms with Gasteiger partial charge in [0.05, 0.1) is 0 Å². The summed E-state index contributed by atoms with van der Waals surface area (Å²) in [6.07, 6.45) is 1.70. The molecule has 2 atom stereocenters. The molecule has 0 aliphatic carbocycles. The van der Waals surface area contributed by atoms with E-state index < -0.39 is 11.8 Å². The Morgan fingerprint density at radius 2 is 1.68 bits per heavy atom. The number of cyclic esters (lactones) is 1. The summed E-state index contributed by atoms with van der Waals surface area (Å²) in [7, 11) is 0. The van der Waals surface area contributed by atoms with Crippen molar-refractivity contribution in [2.45, 2.75) is 44.9 Å². The van der Waals surface area contributed by atoms with Crippen molar-refractivity contribution in [3.63, 3.8) is 0 Å². The third kappa shape index (κ3) is 3.16. The van der Waals surface area contributed by atoms with Crippen molar-refractivity contribution >= 4 is 11.9 Å². The zero-order chi connectivity index (χ0) is 17.9. The van der Waals surface area contributed by atoms with Crippen LogP contribution >= 0.6 is 0 Å². The number of hydrogen-bond acceptors (Lipinski definition) is 3. The lowest BCUT2D eigenvalue weighted by Gasteiger charge is -2.33. The van der Waals surface area contributed by atoms with E-state index in [1.54, 1.807) is 17.0 Å². The first-order chi connectivity index (χ1) is 12.1. The summed E-state index contributed by atoms with van der Waals surface area (Å²) in [4.78, 5) is 27.6. The average Bonchev–Trinajstić information content (AvgIpc) is 2.92. The second-order valence-corrected chi connectivity index (χ2v) is 6.59. The highest BCUT2D eigenvalue weighted by Gasteiger charge is 2.54. The van der Waals surface area contributed by atoms with Crippen LogP contribution in [0.2, 0.25) is 0 Å². The van der Waals surface area contributed by atoms with Crippen LogP contribution in [0.1, 0.15) is 55.3 Å². The van der Waals surface area contributed by atoms with E-state index in [-0.39, 0.29) is 11.9 Å². The van der Waals surface area contributed by atoms with Crippen LogP contribution in [-0.2, 0) is 9.53 Å². The maximum absolute atomic E-state index is 13.2. The minimum atomic E-state index is -0.955. The van der Waals surface area contributed by atoms with Gasteiger partial charge in [-0.3, -0.25) is 9.69 Å². The van der Waals surface area contributed by atoms with Gasteiger partial charge in [-0.1, -0.05) is 68.3 Å². The van der Waals surface area contributed by atoms with E-state index >= 15 is 0 Å². The molecular formula is C21H23NO3.